The van der Waals surface area contributed by atoms with Crippen LogP contribution < -0.4 is 5.32 Å². The number of anilines is 1. The van der Waals surface area contributed by atoms with Gasteiger partial charge in [0.1, 0.15) is 10.8 Å². The molecule has 6 rings (SSSR count). The normalized spacial score (nSPS) is 14.3. The van der Waals surface area contributed by atoms with E-state index in [1.807, 2.05) is 49.4 Å². The Morgan fingerprint density at radius 2 is 1.81 bits per heavy atom. The number of carbonyl (C=O) groups excluding carboxylic acids is 3. The van der Waals surface area contributed by atoms with Crippen LogP contribution in [0.15, 0.2) is 72.8 Å². The first kappa shape index (κ1) is 27.4. The first-order chi connectivity index (χ1) is 20.4. The molecule has 2 heterocycles. The summed E-state index contributed by atoms with van der Waals surface area (Å²) in [4.78, 5) is 47.3. The molecule has 2 N–H and O–H groups in total. The second kappa shape index (κ2) is 11.6. The molecule has 212 valence electrons. The van der Waals surface area contributed by atoms with Crippen molar-refractivity contribution < 1.29 is 23.9 Å². The molecule has 9 heteroatoms. The Labute approximate surface area is 246 Å². The van der Waals surface area contributed by atoms with Crippen LogP contribution in [0.5, 0.6) is 0 Å². The van der Waals surface area contributed by atoms with Crippen LogP contribution in [-0.2, 0) is 27.1 Å². The van der Waals surface area contributed by atoms with Crippen LogP contribution in [0, 0.1) is 6.92 Å². The van der Waals surface area contributed by atoms with Crippen LogP contribution in [-0.4, -0.2) is 41.5 Å². The van der Waals surface area contributed by atoms with Crippen molar-refractivity contribution in [2.24, 2.45) is 0 Å². The molecule has 1 aliphatic carbocycles. The van der Waals surface area contributed by atoms with Crippen molar-refractivity contribution in [2.75, 3.05) is 19.0 Å². The number of esters is 2. The van der Waals surface area contributed by atoms with Gasteiger partial charge >= 0.3 is 11.9 Å². The summed E-state index contributed by atoms with van der Waals surface area (Å²) in [5.74, 6) is -0.618. The fourth-order valence-electron chi connectivity index (χ4n) is 5.36. The van der Waals surface area contributed by atoms with E-state index in [4.69, 9.17) is 9.47 Å². The number of nitrogens with one attached hydrogen (secondary N) is 2. The fourth-order valence-corrected chi connectivity index (χ4v) is 6.70. The van der Waals surface area contributed by atoms with Gasteiger partial charge < -0.3 is 19.8 Å². The molecule has 0 saturated carbocycles. The van der Waals surface area contributed by atoms with Crippen molar-refractivity contribution in [3.63, 3.8) is 0 Å². The molecule has 1 aliphatic rings. The van der Waals surface area contributed by atoms with Gasteiger partial charge in [-0.3, -0.25) is 4.79 Å². The summed E-state index contributed by atoms with van der Waals surface area (Å²) in [5.41, 5.74) is 6.35. The van der Waals surface area contributed by atoms with Crippen LogP contribution in [0.4, 0.5) is 5.00 Å². The number of imidazole rings is 1. The van der Waals surface area contributed by atoms with E-state index in [9.17, 15) is 14.4 Å². The second-order valence-corrected chi connectivity index (χ2v) is 11.5. The summed E-state index contributed by atoms with van der Waals surface area (Å²) in [7, 11) is 1.33. The lowest BCUT2D eigenvalue weighted by molar-refractivity contribution is -0.119. The highest BCUT2D eigenvalue weighted by molar-refractivity contribution is 7.17. The number of fused-ring (bicyclic) bond motifs is 2. The third kappa shape index (κ3) is 5.56. The zero-order valence-corrected chi connectivity index (χ0v) is 24.0. The average molecular weight is 580 g/mol. The highest BCUT2D eigenvalue weighted by atomic mass is 32.1. The number of aromatic amines is 1. The minimum absolute atomic E-state index is 0.295. The molecular formula is C33H29N3O5S. The maximum atomic E-state index is 12.9. The summed E-state index contributed by atoms with van der Waals surface area (Å²) in [6.45, 7) is 1.53. The van der Waals surface area contributed by atoms with Gasteiger partial charge in [-0.25, -0.2) is 14.6 Å². The van der Waals surface area contributed by atoms with Crippen molar-refractivity contribution in [2.45, 2.75) is 32.1 Å². The molecular weight excluding hydrogens is 550 g/mol. The van der Waals surface area contributed by atoms with Crippen LogP contribution in [0.25, 0.3) is 22.4 Å². The molecule has 0 bridgehead atoms. The van der Waals surface area contributed by atoms with Gasteiger partial charge in [0.15, 0.2) is 6.61 Å². The molecule has 0 fully saturated rings. The highest BCUT2D eigenvalue weighted by Gasteiger charge is 2.30. The number of amides is 1. The van der Waals surface area contributed by atoms with Gasteiger partial charge in [-0.05, 0) is 61.4 Å². The number of methoxy groups -OCH3 is 1. The van der Waals surface area contributed by atoms with E-state index in [2.05, 4.69) is 27.4 Å². The summed E-state index contributed by atoms with van der Waals surface area (Å²) in [6, 6.07) is 23.3. The topological polar surface area (TPSA) is 110 Å². The molecule has 2 aromatic heterocycles. The molecule has 8 nitrogen and oxygen atoms in total. The first-order valence-electron chi connectivity index (χ1n) is 13.7. The maximum Gasteiger partial charge on any atom is 0.341 e. The Kier molecular flexibility index (Phi) is 7.58. The van der Waals surface area contributed by atoms with Gasteiger partial charge in [0.2, 0.25) is 0 Å². The Bertz CT molecular complexity index is 1790. The molecule has 1 amide bonds. The first-order valence-corrected chi connectivity index (χ1v) is 14.5. The zero-order chi connectivity index (χ0) is 29.2. The Hall–Kier alpha value is -4.76. The molecule has 3 aromatic carbocycles. The number of nitrogens with zero attached hydrogens (tertiary/aromatic N) is 1. The summed E-state index contributed by atoms with van der Waals surface area (Å²) in [6.07, 6.45) is 2.39. The summed E-state index contributed by atoms with van der Waals surface area (Å²) < 4.78 is 10.4. The van der Waals surface area contributed by atoms with E-state index in [1.54, 1.807) is 18.2 Å². The van der Waals surface area contributed by atoms with Crippen molar-refractivity contribution in [1.82, 2.24) is 9.97 Å². The van der Waals surface area contributed by atoms with E-state index < -0.39 is 24.5 Å². The third-order valence-corrected chi connectivity index (χ3v) is 8.73. The number of H-pyrrole nitrogens is 1. The fraction of sp³-hybridized carbons (Fsp3) is 0.212. The van der Waals surface area contributed by atoms with Crippen LogP contribution in [0.1, 0.15) is 54.6 Å². The standard InChI is InChI=1S/C33H29N3O5S/c1-19-8-10-21(11-9-19)30-34-25-15-13-23(16-26(25)35-30)32(38)41-18-28(37)36-31-29(33(39)40-2)24-14-12-22(17-27(24)42-31)20-6-4-3-5-7-20/h3-11,13,15-16,22H,12,14,17-18H2,1-2H3,(H,34,35)(H,36,37). The van der Waals surface area contributed by atoms with Gasteiger partial charge in [-0.1, -0.05) is 60.2 Å². The largest absolute Gasteiger partial charge is 0.465 e. The Morgan fingerprint density at radius 1 is 1.02 bits per heavy atom. The number of hydrogen-bond acceptors (Lipinski definition) is 7. The SMILES string of the molecule is COC(=O)c1c(NC(=O)COC(=O)c2ccc3nc(-c4ccc(C)cc4)[nH]c3c2)sc2c1CCC(c1ccccc1)C2. The van der Waals surface area contributed by atoms with Crippen molar-refractivity contribution in [1.29, 1.82) is 0 Å². The number of hydrogen-bond donors (Lipinski definition) is 2. The molecule has 1 unspecified atom stereocenters. The van der Waals surface area contributed by atoms with Crippen LogP contribution >= 0.6 is 11.3 Å². The van der Waals surface area contributed by atoms with Gasteiger partial charge in [0, 0.05) is 10.4 Å². The maximum absolute atomic E-state index is 12.9. The number of benzene rings is 3. The number of carbonyl (C=O) groups is 3. The predicted molar refractivity (Wildman–Crippen MR) is 162 cm³/mol. The van der Waals surface area contributed by atoms with E-state index in [1.165, 1.54) is 24.0 Å². The highest BCUT2D eigenvalue weighted by Crippen LogP contribution is 2.42. The summed E-state index contributed by atoms with van der Waals surface area (Å²) in [5, 5.41) is 3.21. The van der Waals surface area contributed by atoms with Gasteiger partial charge in [0.25, 0.3) is 5.91 Å². The van der Waals surface area contributed by atoms with E-state index >= 15 is 0 Å². The van der Waals surface area contributed by atoms with Crippen molar-refractivity contribution in [3.05, 3.63) is 105 Å². The number of rotatable bonds is 7. The van der Waals surface area contributed by atoms with Gasteiger partial charge in [-0.2, -0.15) is 0 Å². The quantitative estimate of drug-likeness (QED) is 0.214. The lowest BCUT2D eigenvalue weighted by Gasteiger charge is -2.22. The third-order valence-electron chi connectivity index (χ3n) is 7.56. The molecule has 0 spiro atoms. The van der Waals surface area contributed by atoms with E-state index in [0.29, 0.717) is 45.3 Å². The molecule has 1 atom stereocenters. The van der Waals surface area contributed by atoms with Crippen LogP contribution in [0.2, 0.25) is 0 Å². The van der Waals surface area contributed by atoms with Gasteiger partial charge in [-0.15, -0.1) is 11.3 Å². The Balaban J connectivity index is 1.13. The lowest BCUT2D eigenvalue weighted by atomic mass is 9.83. The molecule has 0 saturated heterocycles. The summed E-state index contributed by atoms with van der Waals surface area (Å²) >= 11 is 1.38. The predicted octanol–water partition coefficient (Wildman–Crippen LogP) is 6.45. The number of aryl methyl sites for hydroxylation is 1. The Morgan fingerprint density at radius 3 is 2.57 bits per heavy atom. The van der Waals surface area contributed by atoms with E-state index in [-0.39, 0.29) is 0 Å². The smallest absolute Gasteiger partial charge is 0.341 e. The number of ether oxygens (including phenoxy) is 2. The number of thiophene rings is 1. The van der Waals surface area contributed by atoms with Gasteiger partial charge in [0.05, 0.1) is 29.3 Å². The average Bonchev–Trinajstić information content (AvgIpc) is 3.60. The zero-order valence-electron chi connectivity index (χ0n) is 23.2. The molecule has 0 radical (unpaired) electrons. The molecule has 0 aliphatic heterocycles. The second-order valence-electron chi connectivity index (χ2n) is 10.4. The minimum Gasteiger partial charge on any atom is -0.465 e. The lowest BCUT2D eigenvalue weighted by Crippen LogP contribution is -2.22. The molecule has 5 aromatic rings. The monoisotopic (exact) mass is 579 g/mol. The number of aromatic nitrogens is 2. The van der Waals surface area contributed by atoms with Crippen molar-refractivity contribution in [3.8, 4) is 11.4 Å². The van der Waals surface area contributed by atoms with Crippen LogP contribution in [0.3, 0.4) is 0 Å². The molecule has 42 heavy (non-hydrogen) atoms. The van der Waals surface area contributed by atoms with Crippen molar-refractivity contribution >= 4 is 45.2 Å². The van der Waals surface area contributed by atoms with E-state index in [0.717, 1.165) is 34.4 Å². The minimum atomic E-state index is -0.636.